The maximum absolute atomic E-state index is 10.8. The van der Waals surface area contributed by atoms with E-state index in [0.717, 1.165) is 11.2 Å². The first kappa shape index (κ1) is 6.73. The van der Waals surface area contributed by atoms with Crippen molar-refractivity contribution in [3.63, 3.8) is 0 Å². The second kappa shape index (κ2) is 2.09. The summed E-state index contributed by atoms with van der Waals surface area (Å²) >= 11 is 0. The second-order valence-corrected chi connectivity index (χ2v) is 1.94. The minimum Gasteiger partial charge on any atom is -0.480 e. The summed E-state index contributed by atoms with van der Waals surface area (Å²) < 4.78 is 0. The molecule has 1 atom stereocenters. The number of carboxylic acid groups (broad SMARTS) is 1. The SMILES string of the molecule is CN1N=CC(C(=O)O)C1=O. The molecule has 0 radical (unpaired) electrons. The molecule has 10 heavy (non-hydrogen) atoms. The Morgan fingerprint density at radius 2 is 2.50 bits per heavy atom. The molecular weight excluding hydrogens is 136 g/mol. The number of hydrazone groups is 1. The Morgan fingerprint density at radius 1 is 1.90 bits per heavy atom. The van der Waals surface area contributed by atoms with Gasteiger partial charge in [0.15, 0.2) is 5.92 Å². The van der Waals surface area contributed by atoms with Gasteiger partial charge in [0.25, 0.3) is 5.91 Å². The molecule has 0 aromatic carbocycles. The summed E-state index contributed by atoms with van der Waals surface area (Å²) in [5.74, 6) is -2.73. The van der Waals surface area contributed by atoms with Crippen molar-refractivity contribution in [2.45, 2.75) is 0 Å². The molecule has 54 valence electrons. The van der Waals surface area contributed by atoms with Crippen LogP contribution in [0.2, 0.25) is 0 Å². The van der Waals surface area contributed by atoms with Crippen molar-refractivity contribution in [3.8, 4) is 0 Å². The van der Waals surface area contributed by atoms with Gasteiger partial charge in [0.05, 0.1) is 0 Å². The van der Waals surface area contributed by atoms with Crippen LogP contribution in [0, 0.1) is 5.92 Å². The first-order valence-corrected chi connectivity index (χ1v) is 2.67. The van der Waals surface area contributed by atoms with Gasteiger partial charge in [-0.25, -0.2) is 5.01 Å². The molecule has 1 unspecified atom stereocenters. The van der Waals surface area contributed by atoms with Crippen LogP contribution in [0.25, 0.3) is 0 Å². The lowest BCUT2D eigenvalue weighted by atomic mass is 10.2. The summed E-state index contributed by atoms with van der Waals surface area (Å²) in [5, 5.41) is 12.9. The average molecular weight is 142 g/mol. The smallest absolute Gasteiger partial charge is 0.321 e. The Bertz CT molecular complexity index is 211. The molecule has 1 aliphatic rings. The molecule has 1 N–H and O–H groups in total. The van der Waals surface area contributed by atoms with Gasteiger partial charge in [-0.05, 0) is 0 Å². The third kappa shape index (κ3) is 0.854. The lowest BCUT2D eigenvalue weighted by Crippen LogP contribution is -2.28. The molecule has 5 heteroatoms. The Labute approximate surface area is 56.9 Å². The zero-order chi connectivity index (χ0) is 7.72. The first-order valence-electron chi connectivity index (χ1n) is 2.67. The van der Waals surface area contributed by atoms with Crippen LogP contribution in [-0.2, 0) is 9.59 Å². The number of carbonyl (C=O) groups is 2. The van der Waals surface area contributed by atoms with Crippen molar-refractivity contribution >= 4 is 18.1 Å². The normalized spacial score (nSPS) is 23.9. The third-order valence-electron chi connectivity index (χ3n) is 1.24. The molecule has 0 fully saturated rings. The van der Waals surface area contributed by atoms with Gasteiger partial charge in [-0.1, -0.05) is 0 Å². The van der Waals surface area contributed by atoms with Gasteiger partial charge in [0.1, 0.15) is 0 Å². The van der Waals surface area contributed by atoms with Gasteiger partial charge in [-0.15, -0.1) is 0 Å². The van der Waals surface area contributed by atoms with E-state index >= 15 is 0 Å². The zero-order valence-corrected chi connectivity index (χ0v) is 5.31. The van der Waals surface area contributed by atoms with E-state index in [2.05, 4.69) is 5.10 Å². The number of hydrogen-bond donors (Lipinski definition) is 1. The van der Waals surface area contributed by atoms with E-state index in [4.69, 9.17) is 5.11 Å². The van der Waals surface area contributed by atoms with E-state index in [1.807, 2.05) is 0 Å². The van der Waals surface area contributed by atoms with Crippen molar-refractivity contribution in [1.82, 2.24) is 5.01 Å². The zero-order valence-electron chi connectivity index (χ0n) is 5.31. The van der Waals surface area contributed by atoms with Gasteiger partial charge >= 0.3 is 5.97 Å². The average Bonchev–Trinajstić information content (AvgIpc) is 2.14. The molecule has 0 bridgehead atoms. The minimum atomic E-state index is -1.15. The van der Waals surface area contributed by atoms with Crippen molar-refractivity contribution in [3.05, 3.63) is 0 Å². The molecule has 1 amide bonds. The van der Waals surface area contributed by atoms with Gasteiger partial charge in [0, 0.05) is 13.3 Å². The molecule has 0 saturated carbocycles. The number of nitrogens with zero attached hydrogens (tertiary/aromatic N) is 2. The van der Waals surface area contributed by atoms with Crippen LogP contribution in [-0.4, -0.2) is 35.3 Å². The fourth-order valence-corrected chi connectivity index (χ4v) is 0.658. The summed E-state index contributed by atoms with van der Waals surface area (Å²) in [6, 6.07) is 0. The predicted molar refractivity (Wildman–Crippen MR) is 32.4 cm³/mol. The van der Waals surface area contributed by atoms with Crippen molar-refractivity contribution in [2.75, 3.05) is 7.05 Å². The van der Waals surface area contributed by atoms with Crippen molar-refractivity contribution in [1.29, 1.82) is 0 Å². The molecule has 1 aliphatic heterocycles. The van der Waals surface area contributed by atoms with Gasteiger partial charge in [-0.2, -0.15) is 5.10 Å². The first-order chi connectivity index (χ1) is 4.63. The summed E-state index contributed by atoms with van der Waals surface area (Å²) in [6.07, 6.45) is 1.12. The lowest BCUT2D eigenvalue weighted by Gasteiger charge is -2.03. The van der Waals surface area contributed by atoms with Crippen LogP contribution in [0.1, 0.15) is 0 Å². The van der Waals surface area contributed by atoms with E-state index in [-0.39, 0.29) is 0 Å². The van der Waals surface area contributed by atoms with E-state index in [9.17, 15) is 9.59 Å². The van der Waals surface area contributed by atoms with Crippen LogP contribution < -0.4 is 0 Å². The highest BCUT2D eigenvalue weighted by Gasteiger charge is 2.31. The quantitative estimate of drug-likeness (QED) is 0.484. The Kier molecular flexibility index (Phi) is 1.41. The highest BCUT2D eigenvalue weighted by molar-refractivity contribution is 6.12. The fraction of sp³-hybridized carbons (Fsp3) is 0.400. The fourth-order valence-electron chi connectivity index (χ4n) is 0.658. The van der Waals surface area contributed by atoms with E-state index in [1.54, 1.807) is 0 Å². The standard InChI is InChI=1S/C5H6N2O3/c1-7-4(8)3(2-6-7)5(9)10/h2-3H,1H3,(H,9,10). The maximum atomic E-state index is 10.8. The summed E-state index contributed by atoms with van der Waals surface area (Å²) in [6.45, 7) is 0. The maximum Gasteiger partial charge on any atom is 0.321 e. The Morgan fingerprint density at radius 3 is 2.70 bits per heavy atom. The Hall–Kier alpha value is -1.39. The largest absolute Gasteiger partial charge is 0.480 e. The number of carbonyl (C=O) groups excluding carboxylic acids is 1. The van der Waals surface area contributed by atoms with E-state index in [0.29, 0.717) is 0 Å². The predicted octanol–water partition coefficient (Wildman–Crippen LogP) is -0.855. The molecular formula is C5H6N2O3. The summed E-state index contributed by atoms with van der Waals surface area (Å²) in [5.41, 5.74) is 0. The molecule has 1 rings (SSSR count). The second-order valence-electron chi connectivity index (χ2n) is 1.94. The van der Waals surface area contributed by atoms with Gasteiger partial charge in [0.2, 0.25) is 0 Å². The van der Waals surface area contributed by atoms with Crippen LogP contribution in [0.3, 0.4) is 0 Å². The number of hydrogen-bond acceptors (Lipinski definition) is 3. The third-order valence-corrected chi connectivity index (χ3v) is 1.24. The molecule has 0 aromatic rings. The van der Waals surface area contributed by atoms with Crippen LogP contribution >= 0.6 is 0 Å². The Balaban J connectivity index is 2.76. The molecule has 0 spiro atoms. The highest BCUT2D eigenvalue weighted by Crippen LogP contribution is 2.06. The van der Waals surface area contributed by atoms with E-state index in [1.165, 1.54) is 7.05 Å². The van der Waals surface area contributed by atoms with Crippen LogP contribution in [0.15, 0.2) is 5.10 Å². The van der Waals surface area contributed by atoms with Gasteiger partial charge in [-0.3, -0.25) is 9.59 Å². The van der Waals surface area contributed by atoms with Crippen LogP contribution in [0.5, 0.6) is 0 Å². The minimum absolute atomic E-state index is 0.493. The summed E-state index contributed by atoms with van der Waals surface area (Å²) in [4.78, 5) is 21.0. The number of amides is 1. The topological polar surface area (TPSA) is 70.0 Å². The van der Waals surface area contributed by atoms with Crippen molar-refractivity contribution in [2.24, 2.45) is 11.0 Å². The number of carboxylic acids is 1. The van der Waals surface area contributed by atoms with E-state index < -0.39 is 17.8 Å². The number of rotatable bonds is 1. The van der Waals surface area contributed by atoms with Gasteiger partial charge < -0.3 is 5.11 Å². The van der Waals surface area contributed by atoms with Crippen molar-refractivity contribution < 1.29 is 14.7 Å². The molecule has 0 saturated heterocycles. The molecule has 0 aromatic heterocycles. The molecule has 5 nitrogen and oxygen atoms in total. The number of aliphatic carboxylic acids is 1. The molecule has 0 aliphatic carbocycles. The monoisotopic (exact) mass is 142 g/mol. The van der Waals surface area contributed by atoms with Crippen LogP contribution in [0.4, 0.5) is 0 Å². The molecule has 1 heterocycles. The highest BCUT2D eigenvalue weighted by atomic mass is 16.4. The summed E-state index contributed by atoms with van der Waals surface area (Å²) in [7, 11) is 1.42. The lowest BCUT2D eigenvalue weighted by molar-refractivity contribution is -0.145.